The molecule has 1 N–H and O–H groups in total. The van der Waals surface area contributed by atoms with E-state index in [0.29, 0.717) is 5.76 Å². The molecule has 106 valence electrons. The van der Waals surface area contributed by atoms with Crippen LogP contribution >= 0.6 is 0 Å². The number of anilines is 1. The summed E-state index contributed by atoms with van der Waals surface area (Å²) in [6.07, 6.45) is 2.63. The predicted octanol–water partition coefficient (Wildman–Crippen LogP) is 1.68. The Kier molecular flexibility index (Phi) is 4.26. The van der Waals surface area contributed by atoms with Crippen LogP contribution in [0, 0.1) is 0 Å². The van der Waals surface area contributed by atoms with E-state index in [1.54, 1.807) is 0 Å². The molecule has 0 bridgehead atoms. The molecule has 1 amide bonds. The van der Waals surface area contributed by atoms with Crippen molar-refractivity contribution in [1.82, 2.24) is 10.1 Å². The summed E-state index contributed by atoms with van der Waals surface area (Å²) in [5, 5.41) is 5.87. The van der Waals surface area contributed by atoms with Crippen LogP contribution in [0.3, 0.4) is 0 Å². The first kappa shape index (κ1) is 14.4. The lowest BCUT2D eigenvalue weighted by Crippen LogP contribution is -2.15. The third-order valence-corrected chi connectivity index (χ3v) is 3.19. The molecule has 0 saturated heterocycles. The number of aromatic nitrogens is 2. The van der Waals surface area contributed by atoms with E-state index >= 15 is 0 Å². The molecular weight excluding hydrogens is 282 g/mol. The normalized spacial score (nSPS) is 12.4. The van der Waals surface area contributed by atoms with Crippen LogP contribution in [0.5, 0.6) is 0 Å². The van der Waals surface area contributed by atoms with Crippen LogP contribution in [0.25, 0.3) is 0 Å². The van der Waals surface area contributed by atoms with Gasteiger partial charge in [0.05, 0.1) is 11.9 Å². The van der Waals surface area contributed by atoms with Crippen molar-refractivity contribution in [1.29, 1.82) is 0 Å². The molecule has 0 aliphatic rings. The largest absolute Gasteiger partial charge is 0.767 e. The fourth-order valence-corrected chi connectivity index (χ4v) is 2.09. The van der Waals surface area contributed by atoms with Crippen molar-refractivity contribution in [3.8, 4) is 0 Å². The van der Waals surface area contributed by atoms with Crippen molar-refractivity contribution in [2.75, 3.05) is 5.32 Å². The summed E-state index contributed by atoms with van der Waals surface area (Å²) in [6.45, 7) is 3.72. The molecule has 0 aliphatic carbocycles. The van der Waals surface area contributed by atoms with Gasteiger partial charge in [0.1, 0.15) is 10.6 Å². The van der Waals surface area contributed by atoms with E-state index in [-0.39, 0.29) is 22.2 Å². The molecule has 0 aromatic carbocycles. The second kappa shape index (κ2) is 5.93. The predicted molar refractivity (Wildman–Crippen MR) is 70.0 cm³/mol. The van der Waals surface area contributed by atoms with E-state index in [0.717, 1.165) is 0 Å². The highest BCUT2D eigenvalue weighted by atomic mass is 32.2. The second-order valence-electron chi connectivity index (χ2n) is 4.30. The zero-order chi connectivity index (χ0) is 14.7. The van der Waals surface area contributed by atoms with Gasteiger partial charge in [0.2, 0.25) is 0 Å². The lowest BCUT2D eigenvalue weighted by atomic mass is 10.1. The van der Waals surface area contributed by atoms with E-state index in [2.05, 4.69) is 15.5 Å². The first-order valence-electron chi connectivity index (χ1n) is 5.81. The molecule has 1 atom stereocenters. The molecule has 2 rings (SSSR count). The highest BCUT2D eigenvalue weighted by molar-refractivity contribution is 7.79. The smallest absolute Gasteiger partial charge is 0.260 e. The molecule has 1 unspecified atom stereocenters. The third-order valence-electron chi connectivity index (χ3n) is 2.54. The molecule has 2 heterocycles. The molecule has 0 aliphatic heterocycles. The molecule has 2 aromatic rings. The number of rotatable bonds is 4. The molecule has 7 nitrogen and oxygen atoms in total. The third kappa shape index (κ3) is 2.91. The topological polar surface area (TPSA) is 108 Å². The van der Waals surface area contributed by atoms with Gasteiger partial charge in [-0.2, -0.15) is 0 Å². The molecular formula is C12H12N3O4S-. The minimum absolute atomic E-state index is 0.0136. The number of hydrogen-bond donors (Lipinski definition) is 1. The highest BCUT2D eigenvalue weighted by Gasteiger charge is 2.19. The van der Waals surface area contributed by atoms with Crippen LogP contribution in [0.15, 0.2) is 34.1 Å². The molecule has 2 aromatic heterocycles. The number of carbonyl (C=O) groups excluding carboxylic acids is 1. The standard InChI is InChI=1S/C12H13N3O4S/c1-7(2)10-8(6-14-19-10)11(16)15-9-4-3-5-13-12(9)20(17)18/h3-7H,1-2H3,(H,15,16)(H,17,18)/p-1. The number of carbonyl (C=O) groups is 1. The number of pyridine rings is 1. The Morgan fingerprint density at radius 3 is 2.90 bits per heavy atom. The van der Waals surface area contributed by atoms with Crippen LogP contribution in [0.2, 0.25) is 0 Å². The lowest BCUT2D eigenvalue weighted by molar-refractivity contribution is 0.102. The summed E-state index contributed by atoms with van der Waals surface area (Å²) < 4.78 is 27.1. The first-order valence-corrected chi connectivity index (χ1v) is 6.88. The monoisotopic (exact) mass is 294 g/mol. The molecule has 0 fully saturated rings. The maximum absolute atomic E-state index is 12.1. The number of nitrogens with zero attached hydrogens (tertiary/aromatic N) is 2. The van der Waals surface area contributed by atoms with E-state index in [1.807, 2.05) is 13.8 Å². The zero-order valence-corrected chi connectivity index (χ0v) is 11.6. The summed E-state index contributed by atoms with van der Waals surface area (Å²) >= 11 is -2.53. The van der Waals surface area contributed by atoms with Gasteiger partial charge in [0, 0.05) is 12.1 Å². The van der Waals surface area contributed by atoms with Crippen molar-refractivity contribution < 1.29 is 18.1 Å². The summed E-state index contributed by atoms with van der Waals surface area (Å²) in [7, 11) is 0. The highest BCUT2D eigenvalue weighted by Crippen LogP contribution is 2.21. The van der Waals surface area contributed by atoms with Crippen molar-refractivity contribution in [3.05, 3.63) is 35.9 Å². The fraction of sp³-hybridized carbons (Fsp3) is 0.250. The van der Waals surface area contributed by atoms with Gasteiger partial charge in [-0.15, -0.1) is 0 Å². The van der Waals surface area contributed by atoms with Crippen LogP contribution in [-0.2, 0) is 11.1 Å². The van der Waals surface area contributed by atoms with Gasteiger partial charge in [-0.1, -0.05) is 19.0 Å². The Hall–Kier alpha value is -2.06. The SMILES string of the molecule is CC(C)c1oncc1C(=O)Nc1cccnc1S(=O)[O-]. The Bertz CT molecular complexity index is 654. The van der Waals surface area contributed by atoms with E-state index in [4.69, 9.17) is 4.52 Å². The Morgan fingerprint density at radius 2 is 2.25 bits per heavy atom. The van der Waals surface area contributed by atoms with Gasteiger partial charge in [0.25, 0.3) is 5.91 Å². The molecule has 20 heavy (non-hydrogen) atoms. The van der Waals surface area contributed by atoms with Crippen molar-refractivity contribution in [2.24, 2.45) is 0 Å². The fourth-order valence-electron chi connectivity index (χ4n) is 1.64. The molecule has 0 radical (unpaired) electrons. The Labute approximate surface area is 117 Å². The summed E-state index contributed by atoms with van der Waals surface area (Å²) in [6, 6.07) is 2.99. The Balaban J connectivity index is 2.29. The number of amides is 1. The number of hydrogen-bond acceptors (Lipinski definition) is 6. The number of nitrogens with one attached hydrogen (secondary N) is 1. The lowest BCUT2D eigenvalue weighted by Gasteiger charge is -2.11. The van der Waals surface area contributed by atoms with Gasteiger partial charge in [-0.05, 0) is 23.2 Å². The van der Waals surface area contributed by atoms with Gasteiger partial charge in [0.15, 0.2) is 5.76 Å². The minimum Gasteiger partial charge on any atom is -0.767 e. The molecule has 0 saturated carbocycles. The minimum atomic E-state index is -2.53. The summed E-state index contributed by atoms with van der Waals surface area (Å²) in [5.74, 6) is -0.0638. The van der Waals surface area contributed by atoms with Gasteiger partial charge < -0.3 is 14.4 Å². The van der Waals surface area contributed by atoms with Crippen molar-refractivity contribution >= 4 is 22.7 Å². The van der Waals surface area contributed by atoms with Crippen LogP contribution in [0.4, 0.5) is 5.69 Å². The van der Waals surface area contributed by atoms with Gasteiger partial charge in [-0.3, -0.25) is 9.00 Å². The zero-order valence-electron chi connectivity index (χ0n) is 10.8. The molecule has 0 spiro atoms. The molecule has 8 heteroatoms. The van der Waals surface area contributed by atoms with E-state index in [9.17, 15) is 13.6 Å². The van der Waals surface area contributed by atoms with Crippen molar-refractivity contribution in [3.63, 3.8) is 0 Å². The van der Waals surface area contributed by atoms with E-state index < -0.39 is 17.0 Å². The average Bonchev–Trinajstić information content (AvgIpc) is 2.88. The maximum Gasteiger partial charge on any atom is 0.260 e. The van der Waals surface area contributed by atoms with Gasteiger partial charge >= 0.3 is 0 Å². The van der Waals surface area contributed by atoms with Gasteiger partial charge in [-0.25, -0.2) is 4.98 Å². The summed E-state index contributed by atoms with van der Waals surface area (Å²) in [4.78, 5) is 15.8. The van der Waals surface area contributed by atoms with Crippen molar-refractivity contribution in [2.45, 2.75) is 24.8 Å². The Morgan fingerprint density at radius 1 is 1.50 bits per heavy atom. The van der Waals surface area contributed by atoms with Crippen LogP contribution in [-0.4, -0.2) is 24.8 Å². The van der Waals surface area contributed by atoms with Crippen LogP contribution < -0.4 is 5.32 Å². The summed E-state index contributed by atoms with van der Waals surface area (Å²) in [5.41, 5.74) is 0.383. The van der Waals surface area contributed by atoms with E-state index in [1.165, 1.54) is 24.5 Å². The quantitative estimate of drug-likeness (QED) is 0.859. The second-order valence-corrected chi connectivity index (χ2v) is 5.16. The van der Waals surface area contributed by atoms with Crippen LogP contribution in [0.1, 0.15) is 35.9 Å². The average molecular weight is 294 g/mol. The maximum atomic E-state index is 12.1. The first-order chi connectivity index (χ1) is 9.50.